The average molecular weight is 362 g/mol. The van der Waals surface area contributed by atoms with Gasteiger partial charge in [0, 0.05) is 29.5 Å². The van der Waals surface area contributed by atoms with E-state index in [4.69, 9.17) is 23.2 Å². The van der Waals surface area contributed by atoms with E-state index in [1.807, 2.05) is 12.1 Å². The van der Waals surface area contributed by atoms with E-state index in [2.05, 4.69) is 52.8 Å². The van der Waals surface area contributed by atoms with Crippen molar-refractivity contribution >= 4 is 44.8 Å². The van der Waals surface area contributed by atoms with E-state index in [0.29, 0.717) is 10.0 Å². The van der Waals surface area contributed by atoms with Gasteiger partial charge in [0.2, 0.25) is 0 Å². The molecule has 0 bridgehead atoms. The van der Waals surface area contributed by atoms with Crippen LogP contribution in [-0.2, 0) is 13.6 Å². The molecule has 1 aromatic heterocycles. The fourth-order valence-electron chi connectivity index (χ4n) is 1.97. The molecule has 0 saturated carbocycles. The Morgan fingerprint density at radius 1 is 1.21 bits per heavy atom. The molecule has 0 saturated heterocycles. The average Bonchev–Trinajstić information content (AvgIpc) is 2.63. The molecule has 0 aliphatic rings. The maximum atomic E-state index is 6.21. The quantitative estimate of drug-likeness (QED) is 0.731. The lowest BCUT2D eigenvalue weighted by atomic mass is 10.2. The Bertz CT molecular complexity index is 620. The molecule has 0 amide bonds. The Labute approximate surface area is 131 Å². The van der Waals surface area contributed by atoms with Gasteiger partial charge in [-0.2, -0.15) is 0 Å². The highest BCUT2D eigenvalue weighted by Gasteiger charge is 2.10. The highest BCUT2D eigenvalue weighted by Crippen LogP contribution is 2.36. The van der Waals surface area contributed by atoms with E-state index in [-0.39, 0.29) is 0 Å². The van der Waals surface area contributed by atoms with Crippen LogP contribution in [0.15, 0.2) is 22.7 Å². The van der Waals surface area contributed by atoms with Crippen molar-refractivity contribution < 1.29 is 0 Å². The molecule has 19 heavy (non-hydrogen) atoms. The van der Waals surface area contributed by atoms with E-state index in [1.54, 1.807) is 0 Å². The molecule has 0 atom stereocenters. The van der Waals surface area contributed by atoms with Crippen LogP contribution in [0.1, 0.15) is 17.0 Å². The molecule has 0 unspecified atom stereocenters. The second-order valence-electron chi connectivity index (χ2n) is 4.53. The Balaban J connectivity index is 2.19. The van der Waals surface area contributed by atoms with Crippen molar-refractivity contribution in [2.24, 2.45) is 7.05 Å². The Kier molecular flexibility index (Phi) is 4.49. The summed E-state index contributed by atoms with van der Waals surface area (Å²) in [5.74, 6) is 0. The number of rotatable bonds is 3. The third-order valence-corrected chi connectivity index (χ3v) is 5.16. The molecule has 2 nitrogen and oxygen atoms in total. The van der Waals surface area contributed by atoms with Crippen molar-refractivity contribution in [2.75, 3.05) is 5.32 Å². The van der Waals surface area contributed by atoms with Crippen LogP contribution in [0, 0.1) is 13.8 Å². The molecule has 1 aromatic carbocycles. The maximum Gasteiger partial charge on any atom is 0.0835 e. The van der Waals surface area contributed by atoms with E-state index in [1.165, 1.54) is 17.0 Å². The third kappa shape index (κ3) is 2.93. The lowest BCUT2D eigenvalue weighted by Gasteiger charge is -2.10. The minimum absolute atomic E-state index is 0.535. The van der Waals surface area contributed by atoms with Gasteiger partial charge in [-0.15, -0.1) is 0 Å². The first kappa shape index (κ1) is 14.8. The molecule has 5 heteroatoms. The van der Waals surface area contributed by atoms with Gasteiger partial charge >= 0.3 is 0 Å². The number of nitrogens with one attached hydrogen (secondary N) is 1. The summed E-state index contributed by atoms with van der Waals surface area (Å²) in [5, 5.41) is 4.41. The summed E-state index contributed by atoms with van der Waals surface area (Å²) in [4.78, 5) is 0. The van der Waals surface area contributed by atoms with Gasteiger partial charge in [0.15, 0.2) is 0 Å². The number of anilines is 1. The molecule has 102 valence electrons. The minimum atomic E-state index is 0.535. The van der Waals surface area contributed by atoms with Crippen molar-refractivity contribution in [2.45, 2.75) is 20.4 Å². The van der Waals surface area contributed by atoms with Crippen LogP contribution in [0.25, 0.3) is 0 Å². The van der Waals surface area contributed by atoms with Crippen LogP contribution in [-0.4, -0.2) is 4.57 Å². The normalized spacial score (nSPS) is 10.8. The lowest BCUT2D eigenvalue weighted by Crippen LogP contribution is -2.02. The summed E-state index contributed by atoms with van der Waals surface area (Å²) in [6.45, 7) is 4.94. The zero-order chi connectivity index (χ0) is 14.2. The van der Waals surface area contributed by atoms with E-state index in [9.17, 15) is 0 Å². The monoisotopic (exact) mass is 360 g/mol. The van der Waals surface area contributed by atoms with Crippen LogP contribution < -0.4 is 5.32 Å². The number of benzene rings is 1. The predicted molar refractivity (Wildman–Crippen MR) is 86.4 cm³/mol. The third-order valence-electron chi connectivity index (χ3n) is 3.38. The Morgan fingerprint density at radius 3 is 2.47 bits per heavy atom. The van der Waals surface area contributed by atoms with E-state index in [0.717, 1.165) is 16.7 Å². The van der Waals surface area contributed by atoms with Gasteiger partial charge in [0.25, 0.3) is 0 Å². The Hall–Kier alpha value is -0.640. The second-order valence-corrected chi connectivity index (χ2v) is 6.14. The maximum absolute atomic E-state index is 6.21. The molecule has 1 heterocycles. The fourth-order valence-corrected chi connectivity index (χ4v) is 2.81. The number of halogens is 3. The van der Waals surface area contributed by atoms with Crippen molar-refractivity contribution in [1.29, 1.82) is 0 Å². The number of hydrogen-bond donors (Lipinski definition) is 1. The number of aromatic nitrogens is 1. The molecule has 0 aliphatic heterocycles. The second kappa shape index (κ2) is 5.78. The SMILES string of the molecule is Cc1cc(CNc2ccc(Br)c(Cl)c2Cl)c(C)n1C. The van der Waals surface area contributed by atoms with Crippen molar-refractivity contribution in [3.05, 3.63) is 49.7 Å². The fraction of sp³-hybridized carbons (Fsp3) is 0.286. The number of aryl methyl sites for hydroxylation is 1. The minimum Gasteiger partial charge on any atom is -0.380 e. The molecule has 0 spiro atoms. The van der Waals surface area contributed by atoms with Crippen LogP contribution in [0.4, 0.5) is 5.69 Å². The van der Waals surface area contributed by atoms with Gasteiger partial charge in [-0.05, 0) is 53.5 Å². The number of hydrogen-bond acceptors (Lipinski definition) is 1. The van der Waals surface area contributed by atoms with Gasteiger partial charge in [-0.25, -0.2) is 0 Å². The van der Waals surface area contributed by atoms with Crippen LogP contribution in [0.3, 0.4) is 0 Å². The first-order valence-electron chi connectivity index (χ1n) is 5.91. The van der Waals surface area contributed by atoms with Crippen LogP contribution >= 0.6 is 39.1 Å². The van der Waals surface area contributed by atoms with Gasteiger partial charge in [0.1, 0.15) is 0 Å². The highest BCUT2D eigenvalue weighted by atomic mass is 79.9. The lowest BCUT2D eigenvalue weighted by molar-refractivity contribution is 0.837. The molecule has 0 fully saturated rings. The van der Waals surface area contributed by atoms with Gasteiger partial charge in [-0.1, -0.05) is 23.2 Å². The first-order chi connectivity index (χ1) is 8.91. The Morgan fingerprint density at radius 2 is 1.89 bits per heavy atom. The summed E-state index contributed by atoms with van der Waals surface area (Å²) in [5.41, 5.74) is 4.60. The van der Waals surface area contributed by atoms with Gasteiger partial charge in [-0.3, -0.25) is 0 Å². The molecular weight excluding hydrogens is 347 g/mol. The molecule has 2 rings (SSSR count). The topological polar surface area (TPSA) is 17.0 Å². The summed E-state index contributed by atoms with van der Waals surface area (Å²) < 4.78 is 2.98. The molecular formula is C14H15BrCl2N2. The molecule has 2 aromatic rings. The predicted octanol–water partition coefficient (Wildman–Crippen LogP) is 5.32. The van der Waals surface area contributed by atoms with Crippen molar-refractivity contribution in [3.8, 4) is 0 Å². The summed E-state index contributed by atoms with van der Waals surface area (Å²) in [6, 6.07) is 5.99. The van der Waals surface area contributed by atoms with Gasteiger partial charge in [0.05, 0.1) is 15.7 Å². The van der Waals surface area contributed by atoms with Crippen LogP contribution in [0.2, 0.25) is 10.0 Å². The summed E-state index contributed by atoms with van der Waals surface area (Å²) >= 11 is 15.7. The van der Waals surface area contributed by atoms with Crippen molar-refractivity contribution in [3.63, 3.8) is 0 Å². The van der Waals surface area contributed by atoms with Crippen LogP contribution in [0.5, 0.6) is 0 Å². The smallest absolute Gasteiger partial charge is 0.0835 e. The standard InChI is InChI=1S/C14H15BrCl2N2/c1-8-6-10(9(2)19(8)3)7-18-12-5-4-11(15)13(16)14(12)17/h4-6,18H,7H2,1-3H3. The summed E-state index contributed by atoms with van der Waals surface area (Å²) in [6.07, 6.45) is 0. The largest absolute Gasteiger partial charge is 0.380 e. The first-order valence-corrected chi connectivity index (χ1v) is 7.46. The van der Waals surface area contributed by atoms with Gasteiger partial charge < -0.3 is 9.88 Å². The highest BCUT2D eigenvalue weighted by molar-refractivity contribution is 9.10. The zero-order valence-corrected chi connectivity index (χ0v) is 14.1. The molecule has 0 aliphatic carbocycles. The van der Waals surface area contributed by atoms with Crippen molar-refractivity contribution in [1.82, 2.24) is 4.57 Å². The van der Waals surface area contributed by atoms with E-state index >= 15 is 0 Å². The molecule has 1 N–H and O–H groups in total. The number of nitrogens with zero attached hydrogens (tertiary/aromatic N) is 1. The van der Waals surface area contributed by atoms with E-state index < -0.39 is 0 Å². The summed E-state index contributed by atoms with van der Waals surface area (Å²) in [7, 11) is 2.07. The zero-order valence-electron chi connectivity index (χ0n) is 11.0. The molecule has 0 radical (unpaired) electrons.